The monoisotopic (exact) mass is 363 g/mol. The van der Waals surface area contributed by atoms with Gasteiger partial charge in [0.2, 0.25) is 5.13 Å². The summed E-state index contributed by atoms with van der Waals surface area (Å²) in [5, 5.41) is 7.54. The third-order valence-electron chi connectivity index (χ3n) is 1.98. The summed E-state index contributed by atoms with van der Waals surface area (Å²) in [7, 11) is 1.71. The predicted molar refractivity (Wildman–Crippen MR) is 77.9 cm³/mol. The lowest BCUT2D eigenvalue weighted by Crippen LogP contribution is -2.44. The van der Waals surface area contributed by atoms with Crippen LogP contribution in [0.15, 0.2) is 15.1 Å². The van der Waals surface area contributed by atoms with E-state index in [1.165, 1.54) is 21.5 Å². The molecule has 1 aliphatic heterocycles. The van der Waals surface area contributed by atoms with Crippen LogP contribution in [0.1, 0.15) is 20.8 Å². The average molecular weight is 364 g/mol. The molecule has 10 heteroatoms. The van der Waals surface area contributed by atoms with E-state index in [1.807, 2.05) is 0 Å². The van der Waals surface area contributed by atoms with Gasteiger partial charge in [-0.1, -0.05) is 11.3 Å². The van der Waals surface area contributed by atoms with Crippen LogP contribution in [0.3, 0.4) is 0 Å². The topological polar surface area (TPSA) is 79.3 Å². The summed E-state index contributed by atoms with van der Waals surface area (Å²) in [4.78, 5) is 15.9. The Kier molecular flexibility index (Phi) is 4.16. The van der Waals surface area contributed by atoms with Crippen LogP contribution in [-0.4, -0.2) is 34.9 Å². The number of carbonyl (C=O) groups excluding carboxylic acids is 1. The van der Waals surface area contributed by atoms with Gasteiger partial charge in [0.15, 0.2) is 0 Å². The molecule has 8 nitrogen and oxygen atoms in total. The molecule has 0 aliphatic carbocycles. The Labute approximate surface area is 128 Å². The van der Waals surface area contributed by atoms with Gasteiger partial charge < -0.3 is 9.47 Å². The normalized spacial score (nSPS) is 15.8. The fourth-order valence-corrected chi connectivity index (χ4v) is 2.51. The maximum atomic E-state index is 11.7. The van der Waals surface area contributed by atoms with E-state index in [1.54, 1.807) is 34.0 Å². The van der Waals surface area contributed by atoms with E-state index in [2.05, 4.69) is 31.6 Å². The molecule has 0 bridgehead atoms. The van der Waals surface area contributed by atoms with E-state index in [0.717, 1.165) is 3.79 Å². The van der Waals surface area contributed by atoms with E-state index >= 15 is 0 Å². The third-order valence-corrected chi connectivity index (χ3v) is 3.43. The molecule has 1 N–H and O–H groups in total. The molecule has 1 aromatic rings. The molecule has 0 unspecified atom stereocenters. The van der Waals surface area contributed by atoms with Crippen LogP contribution in [0.2, 0.25) is 0 Å². The third kappa shape index (κ3) is 3.58. The number of nitrogens with zero attached hydrogens (tertiary/aromatic N) is 4. The summed E-state index contributed by atoms with van der Waals surface area (Å²) in [6, 6.07) is 0.0450. The summed E-state index contributed by atoms with van der Waals surface area (Å²) >= 11 is 4.70. The Morgan fingerprint density at radius 2 is 2.20 bits per heavy atom. The van der Waals surface area contributed by atoms with Gasteiger partial charge in [0.25, 0.3) is 0 Å². The van der Waals surface area contributed by atoms with Crippen molar-refractivity contribution in [2.75, 3.05) is 12.1 Å². The summed E-state index contributed by atoms with van der Waals surface area (Å²) in [6.45, 7) is 5.26. The van der Waals surface area contributed by atoms with Crippen molar-refractivity contribution in [1.82, 2.24) is 15.6 Å². The van der Waals surface area contributed by atoms with Gasteiger partial charge in [-0.2, -0.15) is 5.01 Å². The van der Waals surface area contributed by atoms with Crippen molar-refractivity contribution in [3.63, 3.8) is 0 Å². The van der Waals surface area contributed by atoms with E-state index < -0.39 is 11.8 Å². The fraction of sp³-hybridized carbons (Fsp3) is 0.500. The van der Waals surface area contributed by atoms with Gasteiger partial charge in [0, 0.05) is 7.05 Å². The number of hydrazone groups is 1. The summed E-state index contributed by atoms with van der Waals surface area (Å²) < 4.78 is 11.0. The number of carbonyl (C=O) groups is 1. The molecular formula is C10H14BrN5O3S. The molecule has 0 radical (unpaired) electrons. The van der Waals surface area contributed by atoms with Gasteiger partial charge in [-0.3, -0.25) is 0 Å². The van der Waals surface area contributed by atoms with Crippen LogP contribution in [-0.2, 0) is 9.47 Å². The molecule has 1 aromatic heterocycles. The molecule has 20 heavy (non-hydrogen) atoms. The highest BCUT2D eigenvalue weighted by molar-refractivity contribution is 9.11. The molecule has 0 saturated carbocycles. The zero-order valence-electron chi connectivity index (χ0n) is 11.4. The minimum absolute atomic E-state index is 0.0450. The number of anilines is 1. The first-order valence-electron chi connectivity index (χ1n) is 5.65. The lowest BCUT2D eigenvalue weighted by Gasteiger charge is -2.23. The second-order valence-electron chi connectivity index (χ2n) is 4.84. The van der Waals surface area contributed by atoms with Crippen molar-refractivity contribution in [3.05, 3.63) is 9.98 Å². The lowest BCUT2D eigenvalue weighted by molar-refractivity contribution is 0.0173. The highest BCUT2D eigenvalue weighted by Gasteiger charge is 2.32. The largest absolute Gasteiger partial charge is 0.516 e. The summed E-state index contributed by atoms with van der Waals surface area (Å²) in [5.74, 6) is 0. The molecule has 0 fully saturated rings. The number of rotatable bonds is 1. The number of hydrogen-bond acceptors (Lipinski definition) is 9. The number of thiazole rings is 1. The van der Waals surface area contributed by atoms with Gasteiger partial charge in [-0.25, -0.2) is 15.3 Å². The fourth-order valence-electron chi connectivity index (χ4n) is 1.30. The maximum absolute atomic E-state index is 11.7. The van der Waals surface area contributed by atoms with E-state index in [9.17, 15) is 4.79 Å². The summed E-state index contributed by atoms with van der Waals surface area (Å²) in [6.07, 6.45) is 0.825. The van der Waals surface area contributed by atoms with E-state index in [0.29, 0.717) is 5.13 Å². The van der Waals surface area contributed by atoms with Gasteiger partial charge in [-0.15, -0.1) is 10.2 Å². The van der Waals surface area contributed by atoms with Crippen LogP contribution in [0, 0.1) is 0 Å². The molecule has 0 saturated heterocycles. The zero-order valence-corrected chi connectivity index (χ0v) is 13.8. The first-order chi connectivity index (χ1) is 9.26. The smallest absolute Gasteiger partial charge is 0.428 e. The zero-order chi connectivity index (χ0) is 14.9. The Balaban J connectivity index is 2.09. The molecular weight excluding hydrogens is 350 g/mol. The lowest BCUT2D eigenvalue weighted by atomic mass is 10.2. The van der Waals surface area contributed by atoms with Gasteiger partial charge in [-0.05, 0) is 36.7 Å². The molecule has 0 atom stereocenters. The average Bonchev–Trinajstić information content (AvgIpc) is 2.83. The standard InChI is InChI=1S/C10H14BrN5O3S/c1-10(2,3)19-9(17)18-7-13-14-15(4)16(7)8-12-5-6(11)20-8/h5,14H,1-4H3. The quantitative estimate of drug-likeness (QED) is 0.766. The van der Waals surface area contributed by atoms with Crippen molar-refractivity contribution in [3.8, 4) is 0 Å². The number of nitrogens with one attached hydrogen (secondary N) is 1. The number of amidine groups is 1. The number of ether oxygens (including phenoxy) is 2. The Bertz CT molecular complexity index is 541. The molecule has 110 valence electrons. The van der Waals surface area contributed by atoms with Crippen molar-refractivity contribution in [2.24, 2.45) is 5.10 Å². The number of hydrazine groups is 2. The summed E-state index contributed by atoms with van der Waals surface area (Å²) in [5.41, 5.74) is 2.03. The van der Waals surface area contributed by atoms with Crippen molar-refractivity contribution >= 4 is 44.6 Å². The SMILES string of the molecule is CN1NN=C(OC(=O)OC(C)(C)C)N1c1ncc(Br)s1. The van der Waals surface area contributed by atoms with Crippen LogP contribution in [0.4, 0.5) is 9.93 Å². The van der Waals surface area contributed by atoms with Crippen molar-refractivity contribution in [2.45, 2.75) is 26.4 Å². The Morgan fingerprint density at radius 1 is 1.50 bits per heavy atom. The minimum atomic E-state index is -0.825. The molecule has 2 heterocycles. The number of halogens is 1. The molecule has 0 aromatic carbocycles. The number of aromatic nitrogens is 1. The predicted octanol–water partition coefficient (Wildman–Crippen LogP) is 2.30. The van der Waals surface area contributed by atoms with Gasteiger partial charge in [0.05, 0.1) is 9.98 Å². The maximum Gasteiger partial charge on any atom is 0.516 e. The van der Waals surface area contributed by atoms with Crippen molar-refractivity contribution < 1.29 is 14.3 Å². The molecule has 0 spiro atoms. The van der Waals surface area contributed by atoms with Crippen molar-refractivity contribution in [1.29, 1.82) is 0 Å². The Morgan fingerprint density at radius 3 is 2.75 bits per heavy atom. The molecule has 1 aliphatic rings. The second kappa shape index (κ2) is 5.54. The molecule has 0 amide bonds. The highest BCUT2D eigenvalue weighted by Crippen LogP contribution is 2.28. The van der Waals surface area contributed by atoms with Gasteiger partial charge >= 0.3 is 12.2 Å². The van der Waals surface area contributed by atoms with Crippen LogP contribution >= 0.6 is 27.3 Å². The van der Waals surface area contributed by atoms with Crippen LogP contribution in [0.5, 0.6) is 0 Å². The van der Waals surface area contributed by atoms with Gasteiger partial charge in [0.1, 0.15) is 5.60 Å². The number of hydrogen-bond donors (Lipinski definition) is 1. The van der Waals surface area contributed by atoms with Crippen LogP contribution < -0.4 is 10.5 Å². The minimum Gasteiger partial charge on any atom is -0.428 e. The first kappa shape index (κ1) is 15.0. The van der Waals surface area contributed by atoms with Crippen LogP contribution in [0.25, 0.3) is 0 Å². The first-order valence-corrected chi connectivity index (χ1v) is 7.26. The van der Waals surface area contributed by atoms with E-state index in [4.69, 9.17) is 9.47 Å². The molecule has 2 rings (SSSR count). The second-order valence-corrected chi connectivity index (χ2v) is 7.23. The van der Waals surface area contributed by atoms with E-state index in [-0.39, 0.29) is 6.02 Å². The highest BCUT2D eigenvalue weighted by atomic mass is 79.9. The Hall–Kier alpha value is -1.39.